The van der Waals surface area contributed by atoms with Crippen LogP contribution in [0.1, 0.15) is 25.2 Å². The van der Waals surface area contributed by atoms with Gasteiger partial charge in [0.15, 0.2) is 0 Å². The van der Waals surface area contributed by atoms with Crippen LogP contribution in [0, 0.1) is 0 Å². The summed E-state index contributed by atoms with van der Waals surface area (Å²) in [5, 5.41) is 4.47. The fraction of sp³-hybridized carbons (Fsp3) is 0.529. The number of hydrogen-bond donors (Lipinski definition) is 1. The van der Waals surface area contributed by atoms with Gasteiger partial charge in [0.2, 0.25) is 0 Å². The van der Waals surface area contributed by atoms with E-state index in [9.17, 15) is 0 Å². The number of nitrogens with zero attached hydrogens (tertiary/aromatic N) is 1. The van der Waals surface area contributed by atoms with Crippen LogP contribution in [0.25, 0.3) is 11.0 Å². The third kappa shape index (κ3) is 3.12. The number of ether oxygens (including phenoxy) is 1. The Morgan fingerprint density at radius 2 is 1.90 bits per heavy atom. The highest BCUT2D eigenvalue weighted by Gasteiger charge is 2.24. The lowest BCUT2D eigenvalue weighted by Crippen LogP contribution is -2.44. The lowest BCUT2D eigenvalue weighted by Gasteiger charge is -2.34. The Balaban J connectivity index is 1.87. The molecule has 114 valence electrons. The molecule has 1 saturated heterocycles. The van der Waals surface area contributed by atoms with E-state index in [1.165, 1.54) is 10.9 Å². The Labute approximate surface area is 126 Å². The molecule has 1 aliphatic heterocycles. The topological polar surface area (TPSA) is 37.6 Å². The number of fused-ring (bicyclic) bond motifs is 1. The molecule has 0 radical (unpaired) electrons. The SMILES string of the molecule is CNCc1c(CN2CC(C)OC(C)C2)oc2ccccc12. The molecule has 1 aromatic carbocycles. The summed E-state index contributed by atoms with van der Waals surface area (Å²) in [6.07, 6.45) is 0.566. The maximum absolute atomic E-state index is 6.10. The van der Waals surface area contributed by atoms with Gasteiger partial charge in [-0.2, -0.15) is 0 Å². The molecule has 1 N–H and O–H groups in total. The molecular formula is C17H24N2O2. The van der Waals surface area contributed by atoms with Crippen LogP contribution >= 0.6 is 0 Å². The van der Waals surface area contributed by atoms with Gasteiger partial charge in [-0.05, 0) is 27.0 Å². The quantitative estimate of drug-likeness (QED) is 0.939. The molecule has 2 aromatic rings. The number of furan rings is 1. The van der Waals surface area contributed by atoms with Gasteiger partial charge < -0.3 is 14.5 Å². The zero-order valence-electron chi connectivity index (χ0n) is 13.1. The van der Waals surface area contributed by atoms with E-state index in [4.69, 9.17) is 9.15 Å². The number of rotatable bonds is 4. The van der Waals surface area contributed by atoms with Crippen molar-refractivity contribution in [3.05, 3.63) is 35.6 Å². The second kappa shape index (κ2) is 6.18. The van der Waals surface area contributed by atoms with Gasteiger partial charge in [0, 0.05) is 30.6 Å². The highest BCUT2D eigenvalue weighted by atomic mass is 16.5. The summed E-state index contributed by atoms with van der Waals surface area (Å²) < 4.78 is 11.9. The highest BCUT2D eigenvalue weighted by molar-refractivity contribution is 5.82. The minimum Gasteiger partial charge on any atom is -0.459 e. The Hall–Kier alpha value is -1.36. The third-order valence-electron chi connectivity index (χ3n) is 4.00. The molecule has 4 heteroatoms. The van der Waals surface area contributed by atoms with Crippen LogP contribution in [0.15, 0.2) is 28.7 Å². The summed E-state index contributed by atoms with van der Waals surface area (Å²) >= 11 is 0. The number of benzene rings is 1. The van der Waals surface area contributed by atoms with Crippen molar-refractivity contribution in [2.75, 3.05) is 20.1 Å². The van der Waals surface area contributed by atoms with Crippen molar-refractivity contribution >= 4 is 11.0 Å². The first-order valence-electron chi connectivity index (χ1n) is 7.69. The molecule has 0 amide bonds. The van der Waals surface area contributed by atoms with Crippen molar-refractivity contribution < 1.29 is 9.15 Å². The van der Waals surface area contributed by atoms with Crippen LogP contribution in [-0.2, 0) is 17.8 Å². The maximum atomic E-state index is 6.10. The lowest BCUT2D eigenvalue weighted by molar-refractivity contribution is -0.0718. The largest absolute Gasteiger partial charge is 0.459 e. The predicted molar refractivity (Wildman–Crippen MR) is 84.3 cm³/mol. The van der Waals surface area contributed by atoms with Crippen LogP contribution in [0.4, 0.5) is 0 Å². The van der Waals surface area contributed by atoms with E-state index in [1.54, 1.807) is 0 Å². The van der Waals surface area contributed by atoms with Crippen molar-refractivity contribution in [3.8, 4) is 0 Å². The normalized spacial score (nSPS) is 23.8. The summed E-state index contributed by atoms with van der Waals surface area (Å²) in [4.78, 5) is 2.43. The van der Waals surface area contributed by atoms with Crippen LogP contribution in [0.3, 0.4) is 0 Å². The van der Waals surface area contributed by atoms with E-state index in [-0.39, 0.29) is 12.2 Å². The van der Waals surface area contributed by atoms with Gasteiger partial charge in [0.05, 0.1) is 18.8 Å². The van der Waals surface area contributed by atoms with Crippen molar-refractivity contribution in [3.63, 3.8) is 0 Å². The zero-order valence-corrected chi connectivity index (χ0v) is 13.1. The molecule has 0 spiro atoms. The average molecular weight is 288 g/mol. The molecular weight excluding hydrogens is 264 g/mol. The van der Waals surface area contributed by atoms with Gasteiger partial charge in [-0.15, -0.1) is 0 Å². The van der Waals surface area contributed by atoms with Gasteiger partial charge in [0.25, 0.3) is 0 Å². The van der Waals surface area contributed by atoms with Crippen molar-refractivity contribution in [1.29, 1.82) is 0 Å². The molecule has 0 bridgehead atoms. The molecule has 1 aromatic heterocycles. The van der Waals surface area contributed by atoms with Crippen LogP contribution in [0.5, 0.6) is 0 Å². The molecule has 1 fully saturated rings. The second-order valence-electron chi connectivity index (χ2n) is 5.98. The number of para-hydroxylation sites is 1. The summed E-state index contributed by atoms with van der Waals surface area (Å²) in [6.45, 7) is 7.87. The van der Waals surface area contributed by atoms with Crippen molar-refractivity contribution in [1.82, 2.24) is 10.2 Å². The van der Waals surface area contributed by atoms with Crippen molar-refractivity contribution in [2.45, 2.75) is 39.1 Å². The van der Waals surface area contributed by atoms with Gasteiger partial charge in [0.1, 0.15) is 11.3 Å². The highest BCUT2D eigenvalue weighted by Crippen LogP contribution is 2.27. The molecule has 0 saturated carbocycles. The Morgan fingerprint density at radius 1 is 1.19 bits per heavy atom. The fourth-order valence-electron chi connectivity index (χ4n) is 3.26. The summed E-state index contributed by atoms with van der Waals surface area (Å²) in [7, 11) is 1.98. The molecule has 4 nitrogen and oxygen atoms in total. The smallest absolute Gasteiger partial charge is 0.134 e. The number of nitrogens with one attached hydrogen (secondary N) is 1. The summed E-state index contributed by atoms with van der Waals surface area (Å²) in [6, 6.07) is 8.28. The summed E-state index contributed by atoms with van der Waals surface area (Å²) in [5.41, 5.74) is 2.26. The minimum absolute atomic E-state index is 0.283. The molecule has 0 aliphatic carbocycles. The van der Waals surface area contributed by atoms with Crippen LogP contribution < -0.4 is 5.32 Å². The molecule has 3 rings (SSSR count). The van der Waals surface area contributed by atoms with Gasteiger partial charge in [-0.1, -0.05) is 18.2 Å². The Morgan fingerprint density at radius 3 is 2.62 bits per heavy atom. The maximum Gasteiger partial charge on any atom is 0.134 e. The standard InChI is InChI=1S/C17H24N2O2/c1-12-9-19(10-13(2)20-12)11-17-15(8-18-3)14-6-4-5-7-16(14)21-17/h4-7,12-13,18H,8-11H2,1-3H3. The summed E-state index contributed by atoms with van der Waals surface area (Å²) in [5.74, 6) is 1.08. The van der Waals surface area contributed by atoms with E-state index >= 15 is 0 Å². The Bertz CT molecular complexity index is 598. The molecule has 2 unspecified atom stereocenters. The lowest BCUT2D eigenvalue weighted by atomic mass is 10.1. The zero-order chi connectivity index (χ0) is 14.8. The monoisotopic (exact) mass is 288 g/mol. The van der Waals surface area contributed by atoms with Crippen LogP contribution in [0.2, 0.25) is 0 Å². The first-order chi connectivity index (χ1) is 10.2. The number of hydrogen-bond acceptors (Lipinski definition) is 4. The fourth-order valence-corrected chi connectivity index (χ4v) is 3.26. The first kappa shape index (κ1) is 14.6. The van der Waals surface area contributed by atoms with Crippen LogP contribution in [-0.4, -0.2) is 37.2 Å². The molecule has 2 heterocycles. The molecule has 21 heavy (non-hydrogen) atoms. The average Bonchev–Trinajstić information content (AvgIpc) is 2.76. The van der Waals surface area contributed by atoms with Gasteiger partial charge in [-0.3, -0.25) is 4.90 Å². The van der Waals surface area contributed by atoms with Crippen molar-refractivity contribution in [2.24, 2.45) is 0 Å². The molecule has 1 aliphatic rings. The van der Waals surface area contributed by atoms with E-state index in [0.29, 0.717) is 0 Å². The number of morpholine rings is 1. The van der Waals surface area contributed by atoms with E-state index in [1.807, 2.05) is 19.2 Å². The second-order valence-corrected chi connectivity index (χ2v) is 5.98. The third-order valence-corrected chi connectivity index (χ3v) is 4.00. The minimum atomic E-state index is 0.283. The van der Waals surface area contributed by atoms with E-state index in [0.717, 1.165) is 37.5 Å². The predicted octanol–water partition coefficient (Wildman–Crippen LogP) is 2.76. The van der Waals surface area contributed by atoms with Gasteiger partial charge in [-0.25, -0.2) is 0 Å². The van der Waals surface area contributed by atoms with E-state index in [2.05, 4.69) is 36.2 Å². The Kier molecular flexibility index (Phi) is 4.29. The van der Waals surface area contributed by atoms with Gasteiger partial charge >= 0.3 is 0 Å². The molecule has 2 atom stereocenters. The van der Waals surface area contributed by atoms with E-state index < -0.39 is 0 Å². The first-order valence-corrected chi connectivity index (χ1v) is 7.69.